The van der Waals surface area contributed by atoms with E-state index >= 15 is 0 Å². The van der Waals surface area contributed by atoms with Crippen LogP contribution in [0.1, 0.15) is 74.4 Å². The van der Waals surface area contributed by atoms with E-state index < -0.39 is 6.04 Å². The van der Waals surface area contributed by atoms with Crippen LogP contribution in [0.4, 0.5) is 0 Å². The van der Waals surface area contributed by atoms with Crippen molar-refractivity contribution in [3.63, 3.8) is 0 Å². The maximum Gasteiger partial charge on any atom is 0.225 e. The first kappa shape index (κ1) is 43.5. The molecule has 1 atom stereocenters. The van der Waals surface area contributed by atoms with Crippen LogP contribution in [-0.4, -0.2) is 75.6 Å². The highest BCUT2D eigenvalue weighted by atomic mass is 35.5. The van der Waals surface area contributed by atoms with E-state index in [1.807, 2.05) is 109 Å². The zero-order valence-corrected chi connectivity index (χ0v) is 38.4. The number of hydrogen-bond acceptors (Lipinski definition) is 10. The zero-order chi connectivity index (χ0) is 45.4. The standard InChI is InChI=1S/C52H48ClN5O6S/c1-30-31(2)65-52-49(30)50(35-13-16-38(53)17-14-35)54-44(51-56-55-32(3)58(51)52)29-48(61)57-23-21-39(22-24-57)64-41-18-19-42(46(60)28-41)34-11-9-33(10-12-34)25-45(59)37-15-20-47(63-5)43(27-37)36-7-6-8-40(26-36)62-4/h6-20,26-28,39,44,60H,21-25,29H2,1-5H3/t44-/m0/s1. The normalized spacial score (nSPS) is 14.8. The highest BCUT2D eigenvalue weighted by molar-refractivity contribution is 7.15. The molecule has 13 heteroatoms. The fourth-order valence-electron chi connectivity index (χ4n) is 8.66. The van der Waals surface area contributed by atoms with Crippen molar-refractivity contribution in [2.45, 2.75) is 58.6 Å². The average Bonchev–Trinajstić information content (AvgIpc) is 3.80. The third kappa shape index (κ3) is 8.88. The second-order valence-electron chi connectivity index (χ2n) is 16.4. The third-order valence-corrected chi connectivity index (χ3v) is 13.8. The molecule has 0 radical (unpaired) electrons. The van der Waals surface area contributed by atoms with Gasteiger partial charge in [-0.1, -0.05) is 60.1 Å². The molecule has 2 aromatic heterocycles. The van der Waals surface area contributed by atoms with Gasteiger partial charge in [-0.05, 0) is 97.6 Å². The van der Waals surface area contributed by atoms with Gasteiger partial charge in [0.25, 0.3) is 0 Å². The van der Waals surface area contributed by atoms with Crippen LogP contribution in [0.3, 0.4) is 0 Å². The lowest BCUT2D eigenvalue weighted by Gasteiger charge is -2.32. The lowest BCUT2D eigenvalue weighted by atomic mass is 9.96. The number of fused-ring (bicyclic) bond motifs is 3. The Hall–Kier alpha value is -6.76. The van der Waals surface area contributed by atoms with Crippen molar-refractivity contribution in [1.29, 1.82) is 0 Å². The molecule has 2 aliphatic rings. The van der Waals surface area contributed by atoms with Crippen molar-refractivity contribution < 1.29 is 28.9 Å². The minimum Gasteiger partial charge on any atom is -0.507 e. The van der Waals surface area contributed by atoms with Crippen LogP contribution >= 0.6 is 22.9 Å². The lowest BCUT2D eigenvalue weighted by Crippen LogP contribution is -2.42. The summed E-state index contributed by atoms with van der Waals surface area (Å²) in [7, 11) is 3.23. The van der Waals surface area contributed by atoms with Crippen molar-refractivity contribution in [3.05, 3.63) is 159 Å². The number of carbonyl (C=O) groups is 2. The van der Waals surface area contributed by atoms with Gasteiger partial charge in [-0.2, -0.15) is 0 Å². The summed E-state index contributed by atoms with van der Waals surface area (Å²) in [4.78, 5) is 35.8. The lowest BCUT2D eigenvalue weighted by molar-refractivity contribution is -0.133. The average molecular weight is 907 g/mol. The molecule has 11 nitrogen and oxygen atoms in total. The summed E-state index contributed by atoms with van der Waals surface area (Å²) >= 11 is 7.96. The number of hydrogen-bond donors (Lipinski definition) is 1. The number of aryl methyl sites for hydroxylation is 2. The zero-order valence-electron chi connectivity index (χ0n) is 36.8. The SMILES string of the molecule is COc1cccc(-c2cc(C(=O)Cc3ccc(-c4ccc(OC5CCN(C(=O)C[C@@H]6N=C(c7ccc(Cl)cc7)c7c(sc(C)c7C)-n7c(C)nnc76)CC5)cc4O)cc3)ccc2OC)c1. The molecule has 1 N–H and O–H groups in total. The van der Waals surface area contributed by atoms with E-state index in [0.29, 0.717) is 59.4 Å². The van der Waals surface area contributed by atoms with Gasteiger partial charge in [-0.15, -0.1) is 21.5 Å². The Labute approximate surface area is 386 Å². The number of aliphatic imine (C=N–C) groups is 1. The molecule has 0 unspecified atom stereocenters. The first-order chi connectivity index (χ1) is 31.5. The van der Waals surface area contributed by atoms with Gasteiger partial charge >= 0.3 is 0 Å². The molecule has 1 fully saturated rings. The highest BCUT2D eigenvalue weighted by Crippen LogP contribution is 2.41. The Balaban J connectivity index is 0.826. The van der Waals surface area contributed by atoms with E-state index in [-0.39, 0.29) is 36.4 Å². The number of carbonyl (C=O) groups excluding carboxylic acids is 2. The molecule has 1 saturated heterocycles. The van der Waals surface area contributed by atoms with E-state index in [4.69, 9.17) is 30.8 Å². The number of nitrogens with zero attached hydrogens (tertiary/aromatic N) is 5. The van der Waals surface area contributed by atoms with Crippen LogP contribution in [0.15, 0.2) is 114 Å². The minimum absolute atomic E-state index is 0.00490. The number of ketones is 1. The Bertz CT molecular complexity index is 2950. The van der Waals surface area contributed by atoms with Crippen LogP contribution in [0, 0.1) is 20.8 Å². The van der Waals surface area contributed by atoms with E-state index in [2.05, 4.69) is 28.6 Å². The number of aromatic hydroxyl groups is 1. The van der Waals surface area contributed by atoms with Gasteiger partial charge < -0.3 is 24.2 Å². The molecule has 9 rings (SSSR count). The number of likely N-dealkylation sites (tertiary alicyclic amines) is 1. The minimum atomic E-state index is -0.540. The summed E-state index contributed by atoms with van der Waals surface area (Å²) in [5.41, 5.74) is 8.51. The van der Waals surface area contributed by atoms with Crippen LogP contribution in [-0.2, 0) is 11.2 Å². The van der Waals surface area contributed by atoms with Gasteiger partial charge in [0.1, 0.15) is 46.0 Å². The maximum atomic E-state index is 14.0. The predicted octanol–water partition coefficient (Wildman–Crippen LogP) is 10.7. The van der Waals surface area contributed by atoms with Crippen molar-refractivity contribution in [3.8, 4) is 50.3 Å². The van der Waals surface area contributed by atoms with Crippen LogP contribution in [0.25, 0.3) is 27.3 Å². The number of phenols is 1. The number of Topliss-reactive ketones (excluding diaryl/α,β-unsaturated/α-hetero) is 1. The van der Waals surface area contributed by atoms with E-state index in [1.165, 1.54) is 4.88 Å². The largest absolute Gasteiger partial charge is 0.507 e. The Kier molecular flexibility index (Phi) is 12.3. The Morgan fingerprint density at radius 3 is 2.28 bits per heavy atom. The monoisotopic (exact) mass is 905 g/mol. The van der Waals surface area contributed by atoms with Gasteiger partial charge in [0, 0.05) is 76.1 Å². The summed E-state index contributed by atoms with van der Waals surface area (Å²) in [6.07, 6.45) is 1.52. The summed E-state index contributed by atoms with van der Waals surface area (Å²) in [5.74, 6) is 3.40. The van der Waals surface area contributed by atoms with Gasteiger partial charge in [0.2, 0.25) is 5.91 Å². The molecule has 330 valence electrons. The summed E-state index contributed by atoms with van der Waals surface area (Å²) in [6, 6.07) is 33.2. The van der Waals surface area contributed by atoms with Crippen molar-refractivity contribution in [2.75, 3.05) is 27.3 Å². The quantitative estimate of drug-likeness (QED) is 0.120. The van der Waals surface area contributed by atoms with Crippen LogP contribution < -0.4 is 14.2 Å². The molecular weight excluding hydrogens is 858 g/mol. The molecule has 1 amide bonds. The Morgan fingerprint density at radius 2 is 1.55 bits per heavy atom. The number of ether oxygens (including phenoxy) is 3. The third-order valence-electron chi connectivity index (χ3n) is 12.3. The van der Waals surface area contributed by atoms with E-state index in [9.17, 15) is 14.7 Å². The number of rotatable bonds is 12. The molecule has 65 heavy (non-hydrogen) atoms. The topological polar surface area (TPSA) is 128 Å². The van der Waals surface area contributed by atoms with Crippen molar-refractivity contribution >= 4 is 40.3 Å². The number of halogens is 1. The van der Waals surface area contributed by atoms with Gasteiger partial charge in [0.15, 0.2) is 11.6 Å². The van der Waals surface area contributed by atoms with Crippen molar-refractivity contribution in [1.82, 2.24) is 19.7 Å². The molecule has 5 aromatic carbocycles. The number of piperidine rings is 1. The number of benzene rings is 5. The van der Waals surface area contributed by atoms with Gasteiger partial charge in [-0.25, -0.2) is 0 Å². The second kappa shape index (κ2) is 18.4. The molecule has 0 spiro atoms. The smallest absolute Gasteiger partial charge is 0.225 e. The fraction of sp³-hybridized carbons (Fsp3) is 0.250. The second-order valence-corrected chi connectivity index (χ2v) is 18.1. The number of aromatic nitrogens is 3. The summed E-state index contributed by atoms with van der Waals surface area (Å²) < 4.78 is 19.4. The Morgan fingerprint density at radius 1 is 0.800 bits per heavy atom. The highest BCUT2D eigenvalue weighted by Gasteiger charge is 2.34. The van der Waals surface area contributed by atoms with E-state index in [0.717, 1.165) is 61.2 Å². The van der Waals surface area contributed by atoms with Gasteiger partial charge in [0.05, 0.1) is 26.4 Å². The molecule has 4 heterocycles. The first-order valence-electron chi connectivity index (χ1n) is 21.6. The summed E-state index contributed by atoms with van der Waals surface area (Å²) in [6.45, 7) is 7.21. The number of phenolic OH excluding ortho intramolecular Hbond substituents is 1. The summed E-state index contributed by atoms with van der Waals surface area (Å²) in [5, 5.41) is 21.8. The molecule has 0 saturated carbocycles. The molecule has 7 aromatic rings. The molecule has 0 bridgehead atoms. The number of thiophene rings is 1. The first-order valence-corrected chi connectivity index (χ1v) is 22.8. The number of amides is 1. The van der Waals surface area contributed by atoms with Crippen molar-refractivity contribution in [2.24, 2.45) is 4.99 Å². The fourth-order valence-corrected chi connectivity index (χ4v) is 10.00. The number of methoxy groups -OCH3 is 2. The maximum absolute atomic E-state index is 14.0. The molecular formula is C52H48ClN5O6S. The van der Waals surface area contributed by atoms with Gasteiger partial charge in [-0.3, -0.25) is 19.1 Å². The van der Waals surface area contributed by atoms with Crippen LogP contribution in [0.2, 0.25) is 5.02 Å². The van der Waals surface area contributed by atoms with E-state index in [1.54, 1.807) is 37.7 Å². The molecule has 2 aliphatic heterocycles. The molecule has 0 aliphatic carbocycles. The van der Waals surface area contributed by atoms with Crippen LogP contribution in [0.5, 0.6) is 23.0 Å². The predicted molar refractivity (Wildman–Crippen MR) is 255 cm³/mol.